The average molecular weight is 403 g/mol. The number of anilines is 2. The molecule has 0 saturated heterocycles. The zero-order chi connectivity index (χ0) is 19.6. The summed E-state index contributed by atoms with van der Waals surface area (Å²) in [5, 5.41) is 10.5. The quantitative estimate of drug-likeness (QED) is 0.422. The van der Waals surface area contributed by atoms with Crippen LogP contribution in [0.5, 0.6) is 0 Å². The van der Waals surface area contributed by atoms with E-state index < -0.39 is 0 Å². The third-order valence-corrected chi connectivity index (χ3v) is 6.04. The standard InChI is InChI=1S/C24H23ClN4/c25-16-5-10-20-23(12-14-27-24(20)15-16)29-18-8-6-17(7-9-18)28-22-11-13-26-21-4-2-1-3-19(21)22/h1-5,10-15,17-18H,6-9H2,(H,26,28)(H,27,29)/t17-,18+. The van der Waals surface area contributed by atoms with Crippen molar-refractivity contribution in [3.05, 3.63) is 72.0 Å². The van der Waals surface area contributed by atoms with Gasteiger partial charge in [0.2, 0.25) is 0 Å². The molecule has 2 aromatic heterocycles. The predicted molar refractivity (Wildman–Crippen MR) is 122 cm³/mol. The van der Waals surface area contributed by atoms with Gasteiger partial charge in [-0.25, -0.2) is 0 Å². The molecule has 0 atom stereocenters. The molecule has 0 radical (unpaired) electrons. The van der Waals surface area contributed by atoms with E-state index in [1.807, 2.05) is 30.6 Å². The van der Waals surface area contributed by atoms with E-state index in [2.05, 4.69) is 57.0 Å². The van der Waals surface area contributed by atoms with Gasteiger partial charge in [-0.2, -0.15) is 0 Å². The number of hydrogen-bond acceptors (Lipinski definition) is 4. The van der Waals surface area contributed by atoms with Gasteiger partial charge < -0.3 is 10.6 Å². The zero-order valence-corrected chi connectivity index (χ0v) is 16.9. The first-order valence-corrected chi connectivity index (χ1v) is 10.6. The Hall–Kier alpha value is -2.85. The fraction of sp³-hybridized carbons (Fsp3) is 0.250. The van der Waals surface area contributed by atoms with Crippen molar-refractivity contribution < 1.29 is 0 Å². The van der Waals surface area contributed by atoms with Crippen molar-refractivity contribution in [1.82, 2.24) is 9.97 Å². The van der Waals surface area contributed by atoms with E-state index in [9.17, 15) is 0 Å². The molecule has 2 N–H and O–H groups in total. The molecule has 1 saturated carbocycles. The Labute approximate surface area is 175 Å². The van der Waals surface area contributed by atoms with Crippen molar-refractivity contribution in [2.24, 2.45) is 0 Å². The first-order valence-electron chi connectivity index (χ1n) is 10.2. The molecule has 146 valence electrons. The van der Waals surface area contributed by atoms with Gasteiger partial charge in [0.15, 0.2) is 0 Å². The molecule has 0 amide bonds. The largest absolute Gasteiger partial charge is 0.382 e. The summed E-state index contributed by atoms with van der Waals surface area (Å²) in [5.41, 5.74) is 4.30. The molecular weight excluding hydrogens is 380 g/mol. The molecule has 1 aliphatic rings. The average Bonchev–Trinajstić information content (AvgIpc) is 2.75. The molecule has 0 spiro atoms. The Balaban J connectivity index is 1.25. The molecule has 2 aromatic carbocycles. The lowest BCUT2D eigenvalue weighted by molar-refractivity contribution is 0.429. The molecular formula is C24H23ClN4. The Kier molecular flexibility index (Phi) is 4.94. The third-order valence-electron chi connectivity index (χ3n) is 5.80. The molecule has 5 rings (SSSR count). The number of hydrogen-bond donors (Lipinski definition) is 2. The van der Waals surface area contributed by atoms with Crippen LogP contribution in [-0.2, 0) is 0 Å². The van der Waals surface area contributed by atoms with Crippen molar-refractivity contribution in [2.45, 2.75) is 37.8 Å². The highest BCUT2D eigenvalue weighted by atomic mass is 35.5. The molecule has 1 fully saturated rings. The highest BCUT2D eigenvalue weighted by Gasteiger charge is 2.22. The van der Waals surface area contributed by atoms with Crippen LogP contribution >= 0.6 is 11.6 Å². The molecule has 0 bridgehead atoms. The maximum absolute atomic E-state index is 6.11. The summed E-state index contributed by atoms with van der Waals surface area (Å²) < 4.78 is 0. The summed E-state index contributed by atoms with van der Waals surface area (Å²) in [4.78, 5) is 8.90. The number of rotatable bonds is 4. The molecule has 0 unspecified atom stereocenters. The van der Waals surface area contributed by atoms with Gasteiger partial charge >= 0.3 is 0 Å². The molecule has 4 aromatic rings. The van der Waals surface area contributed by atoms with Gasteiger partial charge in [0.1, 0.15) is 0 Å². The van der Waals surface area contributed by atoms with Crippen LogP contribution < -0.4 is 10.6 Å². The Morgan fingerprint density at radius 1 is 0.690 bits per heavy atom. The molecule has 5 heteroatoms. The van der Waals surface area contributed by atoms with Gasteiger partial charge in [0.05, 0.1) is 11.0 Å². The van der Waals surface area contributed by atoms with Crippen LogP contribution in [0.2, 0.25) is 5.02 Å². The zero-order valence-electron chi connectivity index (χ0n) is 16.1. The van der Waals surface area contributed by atoms with Crippen LogP contribution in [0.4, 0.5) is 11.4 Å². The summed E-state index contributed by atoms with van der Waals surface area (Å²) in [6.07, 6.45) is 8.30. The minimum atomic E-state index is 0.475. The van der Waals surface area contributed by atoms with E-state index in [1.165, 1.54) is 11.1 Å². The Morgan fingerprint density at radius 3 is 1.97 bits per heavy atom. The Bertz CT molecular complexity index is 1150. The van der Waals surface area contributed by atoms with E-state index in [1.54, 1.807) is 0 Å². The maximum atomic E-state index is 6.11. The van der Waals surface area contributed by atoms with Crippen molar-refractivity contribution >= 4 is 44.8 Å². The number of halogens is 1. The second-order valence-corrected chi connectivity index (χ2v) is 8.17. The second-order valence-electron chi connectivity index (χ2n) is 7.73. The fourth-order valence-electron chi connectivity index (χ4n) is 4.29. The van der Waals surface area contributed by atoms with E-state index >= 15 is 0 Å². The number of aromatic nitrogens is 2. The van der Waals surface area contributed by atoms with E-state index in [-0.39, 0.29) is 0 Å². The van der Waals surface area contributed by atoms with Crippen molar-refractivity contribution in [1.29, 1.82) is 0 Å². The lowest BCUT2D eigenvalue weighted by Crippen LogP contribution is -2.32. The highest BCUT2D eigenvalue weighted by molar-refractivity contribution is 6.31. The number of benzene rings is 2. The number of fused-ring (bicyclic) bond motifs is 2. The van der Waals surface area contributed by atoms with Crippen LogP contribution in [0, 0.1) is 0 Å². The summed E-state index contributed by atoms with van der Waals surface area (Å²) in [7, 11) is 0. The van der Waals surface area contributed by atoms with Crippen LogP contribution in [0.1, 0.15) is 25.7 Å². The number of nitrogens with zero attached hydrogens (tertiary/aromatic N) is 2. The minimum Gasteiger partial charge on any atom is -0.382 e. The third kappa shape index (κ3) is 3.85. The van der Waals surface area contributed by atoms with E-state index in [0.717, 1.165) is 52.8 Å². The second kappa shape index (κ2) is 7.88. The summed E-state index contributed by atoms with van der Waals surface area (Å²) in [6.45, 7) is 0. The van der Waals surface area contributed by atoms with Crippen LogP contribution in [0.25, 0.3) is 21.8 Å². The van der Waals surface area contributed by atoms with Crippen molar-refractivity contribution in [3.8, 4) is 0 Å². The summed E-state index contributed by atoms with van der Waals surface area (Å²) >= 11 is 6.11. The van der Waals surface area contributed by atoms with Gasteiger partial charge in [-0.15, -0.1) is 0 Å². The van der Waals surface area contributed by atoms with Gasteiger partial charge in [-0.3, -0.25) is 9.97 Å². The Morgan fingerprint density at radius 2 is 1.28 bits per heavy atom. The van der Waals surface area contributed by atoms with Crippen molar-refractivity contribution in [2.75, 3.05) is 10.6 Å². The monoisotopic (exact) mass is 402 g/mol. The predicted octanol–water partition coefficient (Wildman–Crippen LogP) is 6.27. The summed E-state index contributed by atoms with van der Waals surface area (Å²) in [6, 6.07) is 19.3. The number of pyridine rings is 2. The molecule has 0 aliphatic heterocycles. The van der Waals surface area contributed by atoms with Gasteiger partial charge in [-0.05, 0) is 62.1 Å². The molecule has 4 nitrogen and oxygen atoms in total. The van der Waals surface area contributed by atoms with Gasteiger partial charge in [0.25, 0.3) is 0 Å². The van der Waals surface area contributed by atoms with E-state index in [0.29, 0.717) is 12.1 Å². The van der Waals surface area contributed by atoms with Crippen molar-refractivity contribution in [3.63, 3.8) is 0 Å². The topological polar surface area (TPSA) is 49.8 Å². The lowest BCUT2D eigenvalue weighted by atomic mass is 9.90. The first-order chi connectivity index (χ1) is 14.3. The minimum absolute atomic E-state index is 0.475. The van der Waals surface area contributed by atoms with Crippen LogP contribution in [0.15, 0.2) is 67.0 Å². The normalized spacial score (nSPS) is 19.3. The van der Waals surface area contributed by atoms with E-state index in [4.69, 9.17) is 11.6 Å². The number of para-hydroxylation sites is 1. The SMILES string of the molecule is Clc1ccc2c(N[C@H]3CC[C@@H](Nc4ccnc5ccccc45)CC3)ccnc2c1. The summed E-state index contributed by atoms with van der Waals surface area (Å²) in [5.74, 6) is 0. The van der Waals surface area contributed by atoms with Crippen LogP contribution in [-0.4, -0.2) is 22.1 Å². The smallest absolute Gasteiger partial charge is 0.0737 e. The maximum Gasteiger partial charge on any atom is 0.0737 e. The highest BCUT2D eigenvalue weighted by Crippen LogP contribution is 2.30. The van der Waals surface area contributed by atoms with Gasteiger partial charge in [0, 0.05) is 51.6 Å². The fourth-order valence-corrected chi connectivity index (χ4v) is 4.46. The molecule has 29 heavy (non-hydrogen) atoms. The number of nitrogens with one attached hydrogen (secondary N) is 2. The first kappa shape index (κ1) is 18.2. The van der Waals surface area contributed by atoms with Gasteiger partial charge in [-0.1, -0.05) is 29.8 Å². The molecule has 2 heterocycles. The lowest BCUT2D eigenvalue weighted by Gasteiger charge is -2.31. The van der Waals surface area contributed by atoms with Crippen LogP contribution in [0.3, 0.4) is 0 Å². The molecule has 1 aliphatic carbocycles.